The number of rotatable bonds is 5. The van der Waals surface area contributed by atoms with Crippen LogP contribution in [0.5, 0.6) is 0 Å². The Bertz CT molecular complexity index is 792. The number of anilines is 1. The van der Waals surface area contributed by atoms with Crippen LogP contribution in [0.4, 0.5) is 5.69 Å². The summed E-state index contributed by atoms with van der Waals surface area (Å²) < 4.78 is 5.57. The van der Waals surface area contributed by atoms with Crippen LogP contribution in [-0.2, 0) is 9.53 Å². The average molecular weight is 387 g/mol. The topological polar surface area (TPSA) is 82.4 Å². The van der Waals surface area contributed by atoms with E-state index in [4.69, 9.17) is 4.74 Å². The Hall–Kier alpha value is -2.25. The van der Waals surface area contributed by atoms with Crippen molar-refractivity contribution in [3.05, 3.63) is 29.8 Å². The molecule has 28 heavy (non-hydrogen) atoms. The quantitative estimate of drug-likeness (QED) is 0.841. The molecule has 2 aliphatic heterocycles. The van der Waals surface area contributed by atoms with E-state index in [0.29, 0.717) is 42.6 Å². The molecule has 152 valence electrons. The molecule has 0 bridgehead atoms. The van der Waals surface area contributed by atoms with E-state index < -0.39 is 11.5 Å². The summed E-state index contributed by atoms with van der Waals surface area (Å²) in [6.07, 6.45) is 1.13. The van der Waals surface area contributed by atoms with Crippen LogP contribution in [0.1, 0.15) is 50.9 Å². The van der Waals surface area contributed by atoms with Crippen molar-refractivity contribution in [2.45, 2.75) is 52.2 Å². The lowest BCUT2D eigenvalue weighted by molar-refractivity contribution is -0.129. The minimum absolute atomic E-state index is 0.0452. The summed E-state index contributed by atoms with van der Waals surface area (Å²) in [6.45, 7) is 9.27. The van der Waals surface area contributed by atoms with Crippen molar-refractivity contribution in [3.8, 4) is 0 Å². The number of nitrogens with zero attached hydrogens (tertiary/aromatic N) is 3. The third-order valence-electron chi connectivity index (χ3n) is 5.48. The number of aliphatic hydroxyl groups is 1. The minimum Gasteiger partial charge on any atom is -0.377 e. The summed E-state index contributed by atoms with van der Waals surface area (Å²) >= 11 is 0. The maximum absolute atomic E-state index is 13.2. The van der Waals surface area contributed by atoms with Gasteiger partial charge in [-0.25, -0.2) is 0 Å². The fourth-order valence-corrected chi connectivity index (χ4v) is 3.79. The summed E-state index contributed by atoms with van der Waals surface area (Å²) in [5.74, 6) is -0.102. The van der Waals surface area contributed by atoms with E-state index in [9.17, 15) is 14.7 Å². The van der Waals surface area contributed by atoms with Crippen molar-refractivity contribution in [2.75, 3.05) is 24.8 Å². The molecule has 0 unspecified atom stereocenters. The Morgan fingerprint density at radius 1 is 1.43 bits per heavy atom. The van der Waals surface area contributed by atoms with Gasteiger partial charge in [-0.15, -0.1) is 0 Å². The molecule has 1 N–H and O–H groups in total. The molecular weight excluding hydrogens is 358 g/mol. The largest absolute Gasteiger partial charge is 0.377 e. The highest BCUT2D eigenvalue weighted by Gasteiger charge is 2.46. The van der Waals surface area contributed by atoms with Gasteiger partial charge in [-0.05, 0) is 43.9 Å². The lowest BCUT2D eigenvalue weighted by Crippen LogP contribution is -2.49. The molecule has 2 heterocycles. The first-order chi connectivity index (χ1) is 13.3. The van der Waals surface area contributed by atoms with Gasteiger partial charge < -0.3 is 14.7 Å². The summed E-state index contributed by atoms with van der Waals surface area (Å²) in [7, 11) is 0. The van der Waals surface area contributed by atoms with Crippen molar-refractivity contribution < 1.29 is 19.4 Å². The number of amides is 2. The minimum atomic E-state index is -1.58. The Kier molecular flexibility index (Phi) is 5.86. The summed E-state index contributed by atoms with van der Waals surface area (Å²) in [4.78, 5) is 27.7. The second-order valence-corrected chi connectivity index (χ2v) is 7.92. The highest BCUT2D eigenvalue weighted by molar-refractivity contribution is 6.21. The predicted molar refractivity (Wildman–Crippen MR) is 107 cm³/mol. The van der Waals surface area contributed by atoms with Crippen LogP contribution in [0.2, 0.25) is 0 Å². The lowest BCUT2D eigenvalue weighted by atomic mass is 9.95. The molecule has 7 nitrogen and oxygen atoms in total. The van der Waals surface area contributed by atoms with Gasteiger partial charge in [-0.1, -0.05) is 26.8 Å². The first-order valence-electron chi connectivity index (χ1n) is 9.89. The number of hydrogen-bond acceptors (Lipinski definition) is 5. The summed E-state index contributed by atoms with van der Waals surface area (Å²) in [5.41, 5.74) is -0.233. The van der Waals surface area contributed by atoms with Crippen molar-refractivity contribution in [3.63, 3.8) is 0 Å². The van der Waals surface area contributed by atoms with Crippen molar-refractivity contribution in [2.24, 2.45) is 11.0 Å². The number of carbonyl (C=O) groups excluding carboxylic acids is 2. The number of ether oxygens (including phenoxy) is 1. The van der Waals surface area contributed by atoms with E-state index in [1.54, 1.807) is 38.1 Å². The van der Waals surface area contributed by atoms with Gasteiger partial charge in [0.15, 0.2) is 5.60 Å². The molecule has 1 aromatic rings. The second-order valence-electron chi connectivity index (χ2n) is 7.92. The molecule has 0 aromatic heterocycles. The van der Waals surface area contributed by atoms with Crippen LogP contribution in [0, 0.1) is 5.92 Å². The maximum Gasteiger partial charge on any atom is 0.285 e. The molecule has 2 atom stereocenters. The Morgan fingerprint density at radius 2 is 2.18 bits per heavy atom. The molecule has 1 fully saturated rings. The molecule has 3 rings (SSSR count). The average Bonchev–Trinajstić information content (AvgIpc) is 2.92. The molecule has 2 aliphatic rings. The fraction of sp³-hybridized carbons (Fsp3) is 0.571. The standard InChI is InChI=1S/C21H29N3O4/c1-5-21(27)15(4)22-24(20(21)26)17-8-6-7-16(12-17)19(25)23-9-10-28-13-18(23)11-14(2)3/h6-8,12,14,18,27H,5,9-11,13H2,1-4H3/t18-,21-/m0/s1. The second kappa shape index (κ2) is 8.01. The number of carbonyl (C=O) groups is 2. The SMILES string of the molecule is CC[C@@]1(O)C(=O)N(c2cccc(C(=O)N3CCOC[C@@H]3CC(C)C)c2)N=C1C. The zero-order valence-corrected chi connectivity index (χ0v) is 17.0. The number of hydrazone groups is 1. The number of morpholine rings is 1. The maximum atomic E-state index is 13.2. The van der Waals surface area contributed by atoms with Gasteiger partial charge in [-0.2, -0.15) is 10.1 Å². The Labute approximate surface area is 166 Å². The third kappa shape index (κ3) is 3.69. The van der Waals surface area contributed by atoms with Gasteiger partial charge in [0.05, 0.1) is 30.7 Å². The van der Waals surface area contributed by atoms with Gasteiger partial charge in [0.25, 0.3) is 11.8 Å². The van der Waals surface area contributed by atoms with Gasteiger partial charge in [-0.3, -0.25) is 9.59 Å². The number of hydrogen-bond donors (Lipinski definition) is 1. The Morgan fingerprint density at radius 3 is 2.82 bits per heavy atom. The van der Waals surface area contributed by atoms with Crippen molar-refractivity contribution in [1.29, 1.82) is 0 Å². The number of benzene rings is 1. The van der Waals surface area contributed by atoms with Gasteiger partial charge in [0, 0.05) is 12.1 Å². The van der Waals surface area contributed by atoms with Crippen molar-refractivity contribution >= 4 is 23.2 Å². The normalized spacial score (nSPS) is 25.4. The van der Waals surface area contributed by atoms with E-state index in [-0.39, 0.29) is 18.4 Å². The molecule has 1 aromatic carbocycles. The predicted octanol–water partition coefficient (Wildman–Crippen LogP) is 2.44. The van der Waals surface area contributed by atoms with Gasteiger partial charge in [0.1, 0.15) is 0 Å². The summed E-state index contributed by atoms with van der Waals surface area (Å²) in [5, 5.41) is 16.0. The van der Waals surface area contributed by atoms with Crippen LogP contribution in [-0.4, -0.2) is 58.9 Å². The smallest absolute Gasteiger partial charge is 0.285 e. The lowest BCUT2D eigenvalue weighted by Gasteiger charge is -2.36. The zero-order chi connectivity index (χ0) is 20.5. The van der Waals surface area contributed by atoms with Crippen LogP contribution in [0.25, 0.3) is 0 Å². The van der Waals surface area contributed by atoms with E-state index in [2.05, 4.69) is 18.9 Å². The fourth-order valence-electron chi connectivity index (χ4n) is 3.79. The van der Waals surface area contributed by atoms with Gasteiger partial charge >= 0.3 is 0 Å². The first kappa shape index (κ1) is 20.5. The van der Waals surface area contributed by atoms with E-state index in [1.165, 1.54) is 5.01 Å². The van der Waals surface area contributed by atoms with Gasteiger partial charge in [0.2, 0.25) is 0 Å². The monoisotopic (exact) mass is 387 g/mol. The Balaban J connectivity index is 1.85. The van der Waals surface area contributed by atoms with E-state index >= 15 is 0 Å². The van der Waals surface area contributed by atoms with E-state index in [0.717, 1.165) is 6.42 Å². The van der Waals surface area contributed by atoms with E-state index in [1.807, 2.05) is 4.90 Å². The van der Waals surface area contributed by atoms with Crippen LogP contribution >= 0.6 is 0 Å². The molecule has 2 amide bonds. The molecule has 0 radical (unpaired) electrons. The third-order valence-corrected chi connectivity index (χ3v) is 5.48. The van der Waals surface area contributed by atoms with Crippen molar-refractivity contribution in [1.82, 2.24) is 4.90 Å². The molecule has 0 spiro atoms. The molecule has 0 aliphatic carbocycles. The molecule has 1 saturated heterocycles. The molecule has 7 heteroatoms. The highest BCUT2D eigenvalue weighted by atomic mass is 16.5. The first-order valence-corrected chi connectivity index (χ1v) is 9.89. The summed E-state index contributed by atoms with van der Waals surface area (Å²) in [6, 6.07) is 6.92. The highest BCUT2D eigenvalue weighted by Crippen LogP contribution is 2.30. The zero-order valence-electron chi connectivity index (χ0n) is 17.0. The van der Waals surface area contributed by atoms with Crippen LogP contribution in [0.3, 0.4) is 0 Å². The molecule has 0 saturated carbocycles. The van der Waals surface area contributed by atoms with Crippen LogP contribution in [0.15, 0.2) is 29.4 Å². The molecular formula is C21H29N3O4. The van der Waals surface area contributed by atoms with Crippen LogP contribution < -0.4 is 5.01 Å².